The third-order valence-corrected chi connectivity index (χ3v) is 3.17. The van der Waals surface area contributed by atoms with Gasteiger partial charge >= 0.3 is 0 Å². The number of aliphatic imine (C=N–C) groups is 1. The summed E-state index contributed by atoms with van der Waals surface area (Å²) in [5.41, 5.74) is 6.01. The molecule has 2 aliphatic heterocycles. The predicted octanol–water partition coefficient (Wildman–Crippen LogP) is 1.73. The van der Waals surface area contributed by atoms with Crippen LogP contribution in [0.5, 0.6) is 0 Å². The number of hydrogen-bond donors (Lipinski definition) is 1. The van der Waals surface area contributed by atoms with E-state index in [0.29, 0.717) is 12.1 Å². The first-order valence-corrected chi connectivity index (χ1v) is 5.61. The molecule has 3 nitrogen and oxygen atoms in total. The summed E-state index contributed by atoms with van der Waals surface area (Å²) in [6, 6.07) is 1.37. The summed E-state index contributed by atoms with van der Waals surface area (Å²) in [5, 5.41) is 0. The predicted molar refractivity (Wildman–Crippen MR) is 59.3 cm³/mol. The molecule has 80 valence electrons. The minimum Gasteiger partial charge on any atom is -0.370 e. The normalized spacial score (nSPS) is 32.8. The maximum absolute atomic E-state index is 6.06. The smallest absolute Gasteiger partial charge is 0.192 e. The highest BCUT2D eigenvalue weighted by Crippen LogP contribution is 2.37. The Morgan fingerprint density at radius 2 is 1.57 bits per heavy atom. The fourth-order valence-corrected chi connectivity index (χ4v) is 2.69. The van der Waals surface area contributed by atoms with Crippen molar-refractivity contribution >= 4 is 5.96 Å². The Kier molecular flexibility index (Phi) is 2.20. The molecular formula is C11H21N3. The zero-order valence-electron chi connectivity index (χ0n) is 9.45. The van der Waals surface area contributed by atoms with E-state index in [1.54, 1.807) is 0 Å². The maximum atomic E-state index is 6.06. The molecule has 0 aromatic rings. The first-order chi connectivity index (χ1) is 6.47. The van der Waals surface area contributed by atoms with Gasteiger partial charge in [-0.25, -0.2) is 4.99 Å². The van der Waals surface area contributed by atoms with Gasteiger partial charge in [0.25, 0.3) is 0 Å². The molecule has 2 N–H and O–H groups in total. The van der Waals surface area contributed by atoms with Gasteiger partial charge in [0.05, 0.1) is 5.54 Å². The minimum atomic E-state index is -0.0495. The number of guanidine groups is 1. The monoisotopic (exact) mass is 195 g/mol. The molecule has 0 spiro atoms. The van der Waals surface area contributed by atoms with E-state index < -0.39 is 0 Å². The van der Waals surface area contributed by atoms with Gasteiger partial charge in [0.2, 0.25) is 0 Å². The van der Waals surface area contributed by atoms with E-state index in [1.165, 1.54) is 25.7 Å². The summed E-state index contributed by atoms with van der Waals surface area (Å²) in [7, 11) is 0. The largest absolute Gasteiger partial charge is 0.370 e. The standard InChI is InChI=1S/C11H21N3/c1-11(2,3)13-10(12)14-8-4-5-9(14)7-6-8/h8-9H,4-7H2,1-3H3,(H2,12,13). The van der Waals surface area contributed by atoms with Gasteiger partial charge in [-0.2, -0.15) is 0 Å². The van der Waals surface area contributed by atoms with Gasteiger partial charge in [0.1, 0.15) is 0 Å². The van der Waals surface area contributed by atoms with Crippen molar-refractivity contribution in [3.8, 4) is 0 Å². The summed E-state index contributed by atoms with van der Waals surface area (Å²) in [6.07, 6.45) is 5.24. The number of rotatable bonds is 0. The van der Waals surface area contributed by atoms with Crippen molar-refractivity contribution in [2.24, 2.45) is 10.7 Å². The molecule has 0 radical (unpaired) electrons. The lowest BCUT2D eigenvalue weighted by Gasteiger charge is -2.25. The summed E-state index contributed by atoms with van der Waals surface area (Å²) in [4.78, 5) is 6.90. The van der Waals surface area contributed by atoms with Crippen LogP contribution in [0.1, 0.15) is 46.5 Å². The van der Waals surface area contributed by atoms with Crippen LogP contribution in [0.15, 0.2) is 4.99 Å². The molecule has 2 saturated heterocycles. The topological polar surface area (TPSA) is 41.6 Å². The van der Waals surface area contributed by atoms with Crippen molar-refractivity contribution in [2.45, 2.75) is 64.1 Å². The van der Waals surface area contributed by atoms with Crippen LogP contribution < -0.4 is 5.73 Å². The van der Waals surface area contributed by atoms with E-state index >= 15 is 0 Å². The highest BCUT2D eigenvalue weighted by atomic mass is 15.3. The molecule has 0 aliphatic carbocycles. The second-order valence-electron chi connectivity index (χ2n) is 5.51. The van der Waals surface area contributed by atoms with Gasteiger partial charge in [-0.15, -0.1) is 0 Å². The van der Waals surface area contributed by atoms with Gasteiger partial charge in [-0.1, -0.05) is 0 Å². The molecule has 0 amide bonds. The van der Waals surface area contributed by atoms with E-state index in [0.717, 1.165) is 5.96 Å². The number of nitrogens with two attached hydrogens (primary N) is 1. The summed E-state index contributed by atoms with van der Waals surface area (Å²) in [5.74, 6) is 0.766. The molecule has 2 fully saturated rings. The molecule has 2 heterocycles. The molecule has 14 heavy (non-hydrogen) atoms. The van der Waals surface area contributed by atoms with Gasteiger partial charge < -0.3 is 10.6 Å². The lowest BCUT2D eigenvalue weighted by atomic mass is 10.0. The Balaban J connectivity index is 2.12. The Morgan fingerprint density at radius 1 is 1.14 bits per heavy atom. The third-order valence-electron chi connectivity index (χ3n) is 3.17. The van der Waals surface area contributed by atoms with Gasteiger partial charge in [0, 0.05) is 12.1 Å². The van der Waals surface area contributed by atoms with Crippen molar-refractivity contribution in [3.63, 3.8) is 0 Å². The van der Waals surface area contributed by atoms with Crippen LogP contribution in [0.25, 0.3) is 0 Å². The molecule has 0 atom stereocenters. The summed E-state index contributed by atoms with van der Waals surface area (Å²) >= 11 is 0. The number of fused-ring (bicyclic) bond motifs is 2. The molecule has 0 aromatic heterocycles. The second kappa shape index (κ2) is 3.14. The van der Waals surface area contributed by atoms with Crippen molar-refractivity contribution in [1.29, 1.82) is 0 Å². The fraction of sp³-hybridized carbons (Fsp3) is 0.909. The van der Waals surface area contributed by atoms with Crippen molar-refractivity contribution in [3.05, 3.63) is 0 Å². The average molecular weight is 195 g/mol. The molecule has 2 aliphatic rings. The zero-order chi connectivity index (χ0) is 10.3. The Morgan fingerprint density at radius 3 is 1.93 bits per heavy atom. The SMILES string of the molecule is CC(C)(C)N=C(N)N1C2CCC1CC2. The van der Waals surface area contributed by atoms with E-state index in [2.05, 4.69) is 30.7 Å². The van der Waals surface area contributed by atoms with Crippen LogP contribution in [-0.4, -0.2) is 28.5 Å². The fourth-order valence-electron chi connectivity index (χ4n) is 2.69. The van der Waals surface area contributed by atoms with Crippen LogP contribution in [0.4, 0.5) is 0 Å². The molecule has 2 bridgehead atoms. The number of hydrogen-bond acceptors (Lipinski definition) is 1. The molecule has 0 unspecified atom stereocenters. The van der Waals surface area contributed by atoms with Crippen LogP contribution in [0.3, 0.4) is 0 Å². The van der Waals surface area contributed by atoms with E-state index in [9.17, 15) is 0 Å². The zero-order valence-corrected chi connectivity index (χ0v) is 9.45. The van der Waals surface area contributed by atoms with Gasteiger partial charge in [-0.05, 0) is 46.5 Å². The third kappa shape index (κ3) is 1.72. The molecule has 3 heteroatoms. The Bertz CT molecular complexity index is 232. The highest BCUT2D eigenvalue weighted by molar-refractivity contribution is 5.79. The average Bonchev–Trinajstić information content (AvgIpc) is 2.57. The first-order valence-electron chi connectivity index (χ1n) is 5.61. The second-order valence-corrected chi connectivity index (χ2v) is 5.51. The van der Waals surface area contributed by atoms with Crippen LogP contribution in [0.2, 0.25) is 0 Å². The molecule has 0 saturated carbocycles. The van der Waals surface area contributed by atoms with Crippen molar-refractivity contribution in [1.82, 2.24) is 4.90 Å². The van der Waals surface area contributed by atoms with E-state index in [-0.39, 0.29) is 5.54 Å². The highest BCUT2D eigenvalue weighted by Gasteiger charge is 2.40. The van der Waals surface area contributed by atoms with Gasteiger partial charge in [-0.3, -0.25) is 0 Å². The lowest BCUT2D eigenvalue weighted by Crippen LogP contribution is -2.42. The summed E-state index contributed by atoms with van der Waals surface area (Å²) in [6.45, 7) is 6.29. The van der Waals surface area contributed by atoms with Crippen LogP contribution >= 0.6 is 0 Å². The quantitative estimate of drug-likeness (QED) is 0.472. The van der Waals surface area contributed by atoms with E-state index in [1.807, 2.05) is 0 Å². The Labute approximate surface area is 86.4 Å². The summed E-state index contributed by atoms with van der Waals surface area (Å²) < 4.78 is 0. The van der Waals surface area contributed by atoms with Crippen molar-refractivity contribution in [2.75, 3.05) is 0 Å². The molecular weight excluding hydrogens is 174 g/mol. The molecule has 2 rings (SSSR count). The van der Waals surface area contributed by atoms with Gasteiger partial charge in [0.15, 0.2) is 5.96 Å². The molecule has 0 aromatic carbocycles. The van der Waals surface area contributed by atoms with Crippen LogP contribution in [-0.2, 0) is 0 Å². The lowest BCUT2D eigenvalue weighted by molar-refractivity contribution is 0.387. The van der Waals surface area contributed by atoms with Crippen LogP contribution in [0, 0.1) is 0 Å². The number of nitrogens with zero attached hydrogens (tertiary/aromatic N) is 2. The van der Waals surface area contributed by atoms with Crippen molar-refractivity contribution < 1.29 is 0 Å². The van der Waals surface area contributed by atoms with E-state index in [4.69, 9.17) is 5.73 Å². The minimum absolute atomic E-state index is 0.0495. The Hall–Kier alpha value is -0.730. The first kappa shape index (κ1) is 9.81. The maximum Gasteiger partial charge on any atom is 0.192 e.